The zero-order chi connectivity index (χ0) is 10.9. The Kier molecular flexibility index (Phi) is 2.76. The van der Waals surface area contributed by atoms with Crippen LogP contribution in [0.4, 0.5) is 4.39 Å². The highest BCUT2D eigenvalue weighted by Gasteiger charge is 2.34. The molecule has 2 rings (SSSR count). The monoisotopic (exact) mass is 268 g/mol. The molecule has 1 aromatic carbocycles. The second-order valence-electron chi connectivity index (χ2n) is 3.50. The summed E-state index contributed by atoms with van der Waals surface area (Å²) >= 11 is 3.18. The Bertz CT molecular complexity index is 421. The Morgan fingerprint density at radius 3 is 2.47 bits per heavy atom. The second kappa shape index (κ2) is 3.91. The molecule has 0 amide bonds. The molecule has 0 saturated heterocycles. The van der Waals surface area contributed by atoms with Crippen LogP contribution in [0.1, 0.15) is 12.0 Å². The van der Waals surface area contributed by atoms with Gasteiger partial charge in [-0.3, -0.25) is 0 Å². The van der Waals surface area contributed by atoms with Gasteiger partial charge in [0.15, 0.2) is 0 Å². The van der Waals surface area contributed by atoms with E-state index in [9.17, 15) is 9.50 Å². The van der Waals surface area contributed by atoms with Crippen molar-refractivity contribution >= 4 is 21.5 Å². The molecule has 0 fully saturated rings. The Morgan fingerprint density at radius 1 is 1.20 bits per heavy atom. The molecular formula is C12H10BrFO. The van der Waals surface area contributed by atoms with Crippen LogP contribution in [0.3, 0.4) is 0 Å². The summed E-state index contributed by atoms with van der Waals surface area (Å²) in [6, 6.07) is 9.06. The van der Waals surface area contributed by atoms with Crippen molar-refractivity contribution in [2.75, 3.05) is 0 Å². The second-order valence-corrected chi connectivity index (χ2v) is 4.51. The molecule has 1 aromatic rings. The summed E-state index contributed by atoms with van der Waals surface area (Å²) in [6.07, 6.45) is 3.33. The van der Waals surface area contributed by atoms with E-state index in [4.69, 9.17) is 0 Å². The first-order valence-electron chi connectivity index (χ1n) is 4.63. The highest BCUT2D eigenvalue weighted by molar-refractivity contribution is 9.11. The van der Waals surface area contributed by atoms with E-state index in [1.165, 1.54) is 0 Å². The summed E-state index contributed by atoms with van der Waals surface area (Å²) in [4.78, 5) is 0. The molecule has 0 radical (unpaired) electrons. The van der Waals surface area contributed by atoms with Gasteiger partial charge in [-0.1, -0.05) is 58.4 Å². The fourth-order valence-corrected chi connectivity index (χ4v) is 2.12. The summed E-state index contributed by atoms with van der Waals surface area (Å²) in [7, 11) is 0. The number of hydrogen-bond donors (Lipinski definition) is 1. The zero-order valence-corrected chi connectivity index (χ0v) is 9.54. The lowest BCUT2D eigenvalue weighted by Gasteiger charge is -2.25. The first kappa shape index (κ1) is 10.6. The molecule has 1 nitrogen and oxygen atoms in total. The Labute approximate surface area is 96.1 Å². The van der Waals surface area contributed by atoms with Gasteiger partial charge in [-0.05, 0) is 5.56 Å². The Balaban J connectivity index is 2.45. The molecule has 0 saturated carbocycles. The van der Waals surface area contributed by atoms with Gasteiger partial charge in [0.05, 0.1) is 0 Å². The van der Waals surface area contributed by atoms with Crippen LogP contribution < -0.4 is 0 Å². The first-order valence-corrected chi connectivity index (χ1v) is 5.42. The number of halogens is 2. The summed E-state index contributed by atoms with van der Waals surface area (Å²) in [5.74, 6) is -2.28. The minimum atomic E-state index is -2.28. The molecule has 1 aliphatic rings. The lowest BCUT2D eigenvalue weighted by molar-refractivity contribution is -0.0286. The van der Waals surface area contributed by atoms with Gasteiger partial charge >= 0.3 is 0 Å². The van der Waals surface area contributed by atoms with Crippen LogP contribution in [0.2, 0.25) is 0 Å². The largest absolute Gasteiger partial charge is 0.358 e. The van der Waals surface area contributed by atoms with Crippen molar-refractivity contribution in [1.29, 1.82) is 0 Å². The van der Waals surface area contributed by atoms with Crippen LogP contribution in [0.15, 0.2) is 47.0 Å². The summed E-state index contributed by atoms with van der Waals surface area (Å²) in [5.41, 5.74) is 1.02. The zero-order valence-electron chi connectivity index (χ0n) is 7.95. The fraction of sp³-hybridized carbons (Fsp3) is 0.167. The van der Waals surface area contributed by atoms with Crippen LogP contribution in [-0.4, -0.2) is 11.0 Å². The Morgan fingerprint density at radius 2 is 1.87 bits per heavy atom. The molecule has 78 valence electrons. The van der Waals surface area contributed by atoms with Gasteiger partial charge in [0.25, 0.3) is 0 Å². The average molecular weight is 269 g/mol. The van der Waals surface area contributed by atoms with Crippen molar-refractivity contribution in [1.82, 2.24) is 0 Å². The maximum Gasteiger partial charge on any atom is 0.238 e. The third-order valence-electron chi connectivity index (χ3n) is 2.33. The molecule has 3 heteroatoms. The molecule has 1 unspecified atom stereocenters. The number of rotatable bonds is 1. The molecular weight excluding hydrogens is 259 g/mol. The van der Waals surface area contributed by atoms with Crippen LogP contribution in [0, 0.1) is 0 Å². The van der Waals surface area contributed by atoms with Crippen molar-refractivity contribution in [3.8, 4) is 0 Å². The lowest BCUT2D eigenvalue weighted by atomic mass is 9.93. The predicted molar refractivity (Wildman–Crippen MR) is 62.1 cm³/mol. The molecule has 15 heavy (non-hydrogen) atoms. The number of hydrogen-bond acceptors (Lipinski definition) is 1. The van der Waals surface area contributed by atoms with Crippen LogP contribution >= 0.6 is 15.9 Å². The third-order valence-corrected chi connectivity index (χ3v) is 2.88. The topological polar surface area (TPSA) is 20.2 Å². The molecule has 0 bridgehead atoms. The maximum atomic E-state index is 13.9. The van der Waals surface area contributed by atoms with Crippen molar-refractivity contribution in [3.63, 3.8) is 0 Å². The average Bonchev–Trinajstić information content (AvgIpc) is 2.17. The van der Waals surface area contributed by atoms with Gasteiger partial charge in [0.2, 0.25) is 5.85 Å². The highest BCUT2D eigenvalue weighted by atomic mass is 79.9. The van der Waals surface area contributed by atoms with Crippen LogP contribution in [0.5, 0.6) is 0 Å². The fourth-order valence-electron chi connectivity index (χ4n) is 1.61. The normalized spacial score (nSPS) is 25.8. The Hall–Kier alpha value is -0.930. The summed E-state index contributed by atoms with van der Waals surface area (Å²) in [6.45, 7) is 0. The number of aliphatic hydroxyl groups is 1. The van der Waals surface area contributed by atoms with E-state index in [0.717, 1.165) is 0 Å². The van der Waals surface area contributed by atoms with E-state index in [1.54, 1.807) is 24.3 Å². The highest BCUT2D eigenvalue weighted by Crippen LogP contribution is 2.38. The first-order chi connectivity index (χ1) is 7.09. The standard InChI is InChI=1S/C12H10BrFO/c13-10-6-7-11(12(14,15)8-10)9-4-2-1-3-5-9/h1-7,15H,8H2. The molecule has 0 heterocycles. The van der Waals surface area contributed by atoms with Crippen molar-refractivity contribution < 1.29 is 9.50 Å². The summed E-state index contributed by atoms with van der Waals surface area (Å²) in [5, 5.41) is 9.65. The number of benzene rings is 1. The smallest absolute Gasteiger partial charge is 0.238 e. The van der Waals surface area contributed by atoms with Crippen LogP contribution in [-0.2, 0) is 0 Å². The molecule has 0 aliphatic heterocycles. The molecule has 0 spiro atoms. The SMILES string of the molecule is OC1(F)CC(Br)=CC=C1c1ccccc1. The van der Waals surface area contributed by atoms with Gasteiger partial charge in [-0.15, -0.1) is 0 Å². The van der Waals surface area contributed by atoms with E-state index < -0.39 is 5.85 Å². The van der Waals surface area contributed by atoms with Crippen LogP contribution in [0.25, 0.3) is 5.57 Å². The van der Waals surface area contributed by atoms with E-state index in [-0.39, 0.29) is 6.42 Å². The minimum absolute atomic E-state index is 0.0340. The van der Waals surface area contributed by atoms with E-state index >= 15 is 0 Å². The maximum absolute atomic E-state index is 13.9. The van der Waals surface area contributed by atoms with Crippen molar-refractivity contribution in [2.24, 2.45) is 0 Å². The van der Waals surface area contributed by atoms with E-state index in [2.05, 4.69) is 15.9 Å². The summed E-state index contributed by atoms with van der Waals surface area (Å²) < 4.78 is 14.5. The minimum Gasteiger partial charge on any atom is -0.358 e. The molecule has 0 aromatic heterocycles. The van der Waals surface area contributed by atoms with E-state index in [0.29, 0.717) is 15.6 Å². The van der Waals surface area contributed by atoms with Gasteiger partial charge in [-0.2, -0.15) is 0 Å². The van der Waals surface area contributed by atoms with Crippen molar-refractivity contribution in [3.05, 3.63) is 52.5 Å². The molecule has 1 aliphatic carbocycles. The molecule has 1 atom stereocenters. The van der Waals surface area contributed by atoms with E-state index in [1.807, 2.05) is 18.2 Å². The van der Waals surface area contributed by atoms with Crippen molar-refractivity contribution in [2.45, 2.75) is 12.3 Å². The van der Waals surface area contributed by atoms with Gasteiger partial charge < -0.3 is 5.11 Å². The predicted octanol–water partition coefficient (Wildman–Crippen LogP) is 3.41. The quantitative estimate of drug-likeness (QED) is 0.828. The third kappa shape index (κ3) is 2.19. The van der Waals surface area contributed by atoms with Gasteiger partial charge in [0, 0.05) is 16.5 Å². The molecule has 1 N–H and O–H groups in total. The lowest BCUT2D eigenvalue weighted by Crippen LogP contribution is -2.25. The number of allylic oxidation sites excluding steroid dienone is 2. The number of alkyl halides is 1. The van der Waals surface area contributed by atoms with Gasteiger partial charge in [0.1, 0.15) is 0 Å². The van der Waals surface area contributed by atoms with Gasteiger partial charge in [-0.25, -0.2) is 4.39 Å².